The summed E-state index contributed by atoms with van der Waals surface area (Å²) < 4.78 is 27.5. The van der Waals surface area contributed by atoms with Crippen molar-refractivity contribution in [2.45, 2.75) is 36.8 Å². The molecule has 0 radical (unpaired) electrons. The van der Waals surface area contributed by atoms with E-state index in [4.69, 9.17) is 9.88 Å². The lowest BCUT2D eigenvalue weighted by molar-refractivity contribution is 0.0313. The van der Waals surface area contributed by atoms with Crippen molar-refractivity contribution in [1.82, 2.24) is 10.2 Å². The number of sulfonamides is 1. The molecule has 1 aromatic heterocycles. The number of carbonyl (C=O) groups excluding carboxylic acids is 1. The Morgan fingerprint density at radius 1 is 1.47 bits per heavy atom. The minimum atomic E-state index is -3.99. The number of nitrogens with zero attached hydrogens (tertiary/aromatic N) is 1. The summed E-state index contributed by atoms with van der Waals surface area (Å²) in [5.74, 6) is -0.699. The molecule has 0 aliphatic heterocycles. The van der Waals surface area contributed by atoms with Crippen molar-refractivity contribution in [2.75, 3.05) is 0 Å². The van der Waals surface area contributed by atoms with E-state index < -0.39 is 21.0 Å². The normalized spacial score (nSPS) is 17.2. The second-order valence-electron chi connectivity index (χ2n) is 3.97. The van der Waals surface area contributed by atoms with Gasteiger partial charge in [0.1, 0.15) is 11.7 Å². The van der Waals surface area contributed by atoms with Gasteiger partial charge in [-0.3, -0.25) is 5.10 Å². The molecule has 3 N–H and O–H groups in total. The van der Waals surface area contributed by atoms with E-state index in [1.807, 2.05) is 0 Å². The Labute approximate surface area is 98.4 Å². The fraction of sp³-hybridized carbons (Fsp3) is 0.556. The Kier molecular flexibility index (Phi) is 3.16. The number of esters is 1. The van der Waals surface area contributed by atoms with Gasteiger partial charge in [-0.05, 0) is 25.7 Å². The van der Waals surface area contributed by atoms with E-state index >= 15 is 0 Å². The average molecular weight is 259 g/mol. The minimum Gasteiger partial charge on any atom is -0.459 e. The van der Waals surface area contributed by atoms with Gasteiger partial charge in [0.15, 0.2) is 5.03 Å². The summed E-state index contributed by atoms with van der Waals surface area (Å²) in [6.45, 7) is 0. The SMILES string of the molecule is NS(=O)(=O)c1[nH]ncc1C(=O)OC1CCCC1. The summed E-state index contributed by atoms with van der Waals surface area (Å²) in [5.41, 5.74) is -0.139. The van der Waals surface area contributed by atoms with Gasteiger partial charge in [-0.25, -0.2) is 18.4 Å². The molecule has 1 aliphatic rings. The Morgan fingerprint density at radius 2 is 2.12 bits per heavy atom. The minimum absolute atomic E-state index is 0.134. The molecule has 0 atom stereocenters. The van der Waals surface area contributed by atoms with E-state index in [0.717, 1.165) is 31.9 Å². The van der Waals surface area contributed by atoms with Crippen LogP contribution >= 0.6 is 0 Å². The molecule has 0 amide bonds. The maximum atomic E-state index is 11.7. The Hall–Kier alpha value is -1.41. The van der Waals surface area contributed by atoms with Gasteiger partial charge in [-0.2, -0.15) is 5.10 Å². The number of nitrogens with two attached hydrogens (primary N) is 1. The molecule has 8 heteroatoms. The van der Waals surface area contributed by atoms with Gasteiger partial charge < -0.3 is 4.74 Å². The van der Waals surface area contributed by atoms with Crippen LogP contribution in [0.15, 0.2) is 11.2 Å². The van der Waals surface area contributed by atoms with Crippen LogP contribution in [0.5, 0.6) is 0 Å². The number of hydrogen-bond donors (Lipinski definition) is 2. The van der Waals surface area contributed by atoms with Crippen LogP contribution < -0.4 is 5.14 Å². The molecular formula is C9H13N3O4S. The van der Waals surface area contributed by atoms with Gasteiger partial charge in [0.25, 0.3) is 10.0 Å². The lowest BCUT2D eigenvalue weighted by Crippen LogP contribution is -2.20. The highest BCUT2D eigenvalue weighted by molar-refractivity contribution is 7.89. The van der Waals surface area contributed by atoms with Crippen molar-refractivity contribution in [3.8, 4) is 0 Å². The van der Waals surface area contributed by atoms with Crippen LogP contribution in [-0.2, 0) is 14.8 Å². The molecular weight excluding hydrogens is 246 g/mol. The summed E-state index contributed by atoms with van der Waals surface area (Å²) in [6, 6.07) is 0. The predicted molar refractivity (Wildman–Crippen MR) is 57.6 cm³/mol. The topological polar surface area (TPSA) is 115 Å². The molecule has 0 bridgehead atoms. The lowest BCUT2D eigenvalue weighted by atomic mass is 10.3. The number of aromatic amines is 1. The highest BCUT2D eigenvalue weighted by Crippen LogP contribution is 2.23. The monoisotopic (exact) mass is 259 g/mol. The quantitative estimate of drug-likeness (QED) is 0.750. The Balaban J connectivity index is 2.17. The third-order valence-electron chi connectivity index (χ3n) is 2.68. The first kappa shape index (κ1) is 12.1. The average Bonchev–Trinajstić information content (AvgIpc) is 2.85. The number of carbonyl (C=O) groups is 1. The number of H-pyrrole nitrogens is 1. The lowest BCUT2D eigenvalue weighted by Gasteiger charge is -2.10. The standard InChI is InChI=1S/C9H13N3O4S/c10-17(14,15)8-7(5-11-12-8)9(13)16-6-3-1-2-4-6/h5-6H,1-4H2,(H,11,12)(H2,10,14,15). The van der Waals surface area contributed by atoms with E-state index in [1.54, 1.807) is 0 Å². The second-order valence-corrected chi connectivity index (χ2v) is 5.47. The van der Waals surface area contributed by atoms with Crippen LogP contribution in [0.4, 0.5) is 0 Å². The molecule has 1 aromatic rings. The summed E-state index contributed by atoms with van der Waals surface area (Å²) in [6.07, 6.45) is 4.64. The van der Waals surface area contributed by atoms with Crippen molar-refractivity contribution in [2.24, 2.45) is 5.14 Å². The van der Waals surface area contributed by atoms with Crippen molar-refractivity contribution < 1.29 is 17.9 Å². The van der Waals surface area contributed by atoms with Gasteiger partial charge in [-0.1, -0.05) is 0 Å². The molecule has 1 aliphatic carbocycles. The van der Waals surface area contributed by atoms with Gasteiger partial charge >= 0.3 is 5.97 Å². The van der Waals surface area contributed by atoms with Crippen LogP contribution in [0.1, 0.15) is 36.0 Å². The summed E-state index contributed by atoms with van der Waals surface area (Å²) in [4.78, 5) is 11.7. The molecule has 2 rings (SSSR count). The number of primary sulfonamides is 1. The Bertz CT molecular complexity index is 516. The number of ether oxygens (including phenoxy) is 1. The first-order valence-electron chi connectivity index (χ1n) is 5.25. The summed E-state index contributed by atoms with van der Waals surface area (Å²) >= 11 is 0. The largest absolute Gasteiger partial charge is 0.459 e. The van der Waals surface area contributed by atoms with Crippen LogP contribution in [0.2, 0.25) is 0 Å². The zero-order chi connectivity index (χ0) is 12.5. The van der Waals surface area contributed by atoms with Gasteiger partial charge in [0, 0.05) is 0 Å². The molecule has 17 heavy (non-hydrogen) atoms. The van der Waals surface area contributed by atoms with E-state index in [0.29, 0.717) is 0 Å². The summed E-state index contributed by atoms with van der Waals surface area (Å²) in [5, 5.41) is 10.2. The molecule has 1 fully saturated rings. The first-order valence-corrected chi connectivity index (χ1v) is 6.80. The van der Waals surface area contributed by atoms with Crippen LogP contribution in [0, 0.1) is 0 Å². The van der Waals surface area contributed by atoms with Crippen LogP contribution in [0.25, 0.3) is 0 Å². The number of hydrogen-bond acceptors (Lipinski definition) is 5. The third kappa shape index (κ3) is 2.64. The second kappa shape index (κ2) is 4.46. The van der Waals surface area contributed by atoms with Gasteiger partial charge in [0.05, 0.1) is 6.20 Å². The maximum absolute atomic E-state index is 11.7. The maximum Gasteiger partial charge on any atom is 0.343 e. The Morgan fingerprint density at radius 3 is 2.71 bits per heavy atom. The molecule has 94 valence electrons. The molecule has 0 aromatic carbocycles. The first-order chi connectivity index (χ1) is 7.98. The van der Waals surface area contributed by atoms with E-state index in [-0.39, 0.29) is 11.7 Å². The predicted octanol–water partition coefficient (Wildman–Crippen LogP) is 0.156. The van der Waals surface area contributed by atoms with Crippen LogP contribution in [-0.4, -0.2) is 30.7 Å². The molecule has 1 heterocycles. The van der Waals surface area contributed by atoms with Crippen LogP contribution in [0.3, 0.4) is 0 Å². The van der Waals surface area contributed by atoms with Crippen molar-refractivity contribution in [1.29, 1.82) is 0 Å². The summed E-state index contributed by atoms with van der Waals surface area (Å²) in [7, 11) is -3.99. The number of aromatic nitrogens is 2. The zero-order valence-electron chi connectivity index (χ0n) is 9.05. The molecule has 0 unspecified atom stereocenters. The fourth-order valence-electron chi connectivity index (χ4n) is 1.86. The smallest absolute Gasteiger partial charge is 0.343 e. The fourth-order valence-corrected chi connectivity index (χ4v) is 2.48. The molecule has 0 saturated heterocycles. The third-order valence-corrected chi connectivity index (χ3v) is 3.56. The highest BCUT2D eigenvalue weighted by Gasteiger charge is 2.26. The van der Waals surface area contributed by atoms with Crippen molar-refractivity contribution in [3.05, 3.63) is 11.8 Å². The van der Waals surface area contributed by atoms with E-state index in [2.05, 4.69) is 10.2 Å². The molecule has 0 spiro atoms. The zero-order valence-corrected chi connectivity index (χ0v) is 9.87. The van der Waals surface area contributed by atoms with Crippen molar-refractivity contribution in [3.63, 3.8) is 0 Å². The number of rotatable bonds is 3. The molecule has 1 saturated carbocycles. The van der Waals surface area contributed by atoms with Gasteiger partial charge in [0.2, 0.25) is 0 Å². The van der Waals surface area contributed by atoms with Crippen molar-refractivity contribution >= 4 is 16.0 Å². The highest BCUT2D eigenvalue weighted by atomic mass is 32.2. The van der Waals surface area contributed by atoms with E-state index in [9.17, 15) is 13.2 Å². The molecule has 7 nitrogen and oxygen atoms in total. The van der Waals surface area contributed by atoms with E-state index in [1.165, 1.54) is 0 Å². The van der Waals surface area contributed by atoms with Gasteiger partial charge in [-0.15, -0.1) is 0 Å². The number of nitrogens with one attached hydrogen (secondary N) is 1.